The fourth-order valence-corrected chi connectivity index (χ4v) is 1.56. The molecule has 0 aliphatic rings. The molecule has 0 atom stereocenters. The highest BCUT2D eigenvalue weighted by molar-refractivity contribution is 4.84. The number of rotatable bonds is 10. The average molecular weight is 208 g/mol. The van der Waals surface area contributed by atoms with E-state index in [2.05, 4.69) is 38.2 Å². The largest absolute Gasteiger partial charge is 0.0888 e. The van der Waals surface area contributed by atoms with Crippen molar-refractivity contribution in [1.29, 1.82) is 0 Å². The molecule has 0 fully saturated rings. The van der Waals surface area contributed by atoms with E-state index in [9.17, 15) is 0 Å². The lowest BCUT2D eigenvalue weighted by atomic mass is 10.1. The molecular weight excluding hydrogens is 180 g/mol. The Bertz CT molecular complexity index is 153. The lowest BCUT2D eigenvalue weighted by molar-refractivity contribution is 0.673. The Morgan fingerprint density at radius 1 is 0.600 bits per heavy atom. The van der Waals surface area contributed by atoms with Crippen molar-refractivity contribution in [3.63, 3.8) is 0 Å². The van der Waals surface area contributed by atoms with Crippen LogP contribution in [0.1, 0.15) is 71.6 Å². The van der Waals surface area contributed by atoms with Crippen LogP contribution in [0.5, 0.6) is 0 Å². The summed E-state index contributed by atoms with van der Waals surface area (Å²) in [5.41, 5.74) is 0. The molecule has 88 valence electrons. The van der Waals surface area contributed by atoms with Crippen molar-refractivity contribution < 1.29 is 0 Å². The van der Waals surface area contributed by atoms with Gasteiger partial charge in [-0.2, -0.15) is 0 Å². The summed E-state index contributed by atoms with van der Waals surface area (Å²) in [5, 5.41) is 0. The van der Waals surface area contributed by atoms with Crippen LogP contribution in [0.2, 0.25) is 0 Å². The highest BCUT2D eigenvalue weighted by Gasteiger charge is 1.84. The summed E-state index contributed by atoms with van der Waals surface area (Å²) in [6.45, 7) is 4.45. The van der Waals surface area contributed by atoms with Crippen molar-refractivity contribution in [2.45, 2.75) is 71.6 Å². The normalized spacial score (nSPS) is 11.9. The zero-order valence-corrected chi connectivity index (χ0v) is 10.7. The summed E-state index contributed by atoms with van der Waals surface area (Å²) in [6, 6.07) is 0. The van der Waals surface area contributed by atoms with Gasteiger partial charge in [0, 0.05) is 0 Å². The van der Waals surface area contributed by atoms with Gasteiger partial charge in [-0.25, -0.2) is 0 Å². The Balaban J connectivity index is 3.07. The summed E-state index contributed by atoms with van der Waals surface area (Å²) in [7, 11) is 0. The van der Waals surface area contributed by atoms with Gasteiger partial charge in [-0.3, -0.25) is 0 Å². The van der Waals surface area contributed by atoms with Gasteiger partial charge in [-0.05, 0) is 38.5 Å². The molecule has 0 radical (unpaired) electrons. The average Bonchev–Trinajstić information content (AvgIpc) is 2.26. The second kappa shape index (κ2) is 13.5. The van der Waals surface area contributed by atoms with Crippen LogP contribution in [0.3, 0.4) is 0 Å². The molecule has 0 unspecified atom stereocenters. The molecule has 0 heterocycles. The SMILES string of the molecule is CC/C=C/CCC/C=C\CCCCCC. The van der Waals surface area contributed by atoms with E-state index in [0.717, 1.165) is 0 Å². The number of unbranched alkanes of at least 4 members (excludes halogenated alkanes) is 6. The molecule has 0 aromatic carbocycles. The van der Waals surface area contributed by atoms with Crippen molar-refractivity contribution in [3.8, 4) is 0 Å². The predicted molar refractivity (Wildman–Crippen MR) is 71.2 cm³/mol. The van der Waals surface area contributed by atoms with E-state index in [4.69, 9.17) is 0 Å². The standard InChI is InChI=1S/C15H28/c1-3-5-7-9-11-13-15-14-12-10-8-6-4-2/h5,7,14-15H,3-4,6,8-13H2,1-2H3/b7-5+,15-14-. The van der Waals surface area contributed by atoms with Crippen LogP contribution in [0.15, 0.2) is 24.3 Å². The quantitative estimate of drug-likeness (QED) is 0.321. The maximum atomic E-state index is 2.36. The lowest BCUT2D eigenvalue weighted by Gasteiger charge is -1.94. The first-order chi connectivity index (χ1) is 7.41. The molecule has 0 bridgehead atoms. The predicted octanol–water partition coefficient (Wildman–Crippen LogP) is 5.65. The van der Waals surface area contributed by atoms with Gasteiger partial charge in [0.15, 0.2) is 0 Å². The minimum Gasteiger partial charge on any atom is -0.0888 e. The Morgan fingerprint density at radius 3 is 1.80 bits per heavy atom. The molecule has 0 aromatic heterocycles. The summed E-state index contributed by atoms with van der Waals surface area (Å²) < 4.78 is 0. The van der Waals surface area contributed by atoms with Gasteiger partial charge in [0.1, 0.15) is 0 Å². The van der Waals surface area contributed by atoms with Gasteiger partial charge in [0.05, 0.1) is 0 Å². The number of hydrogen-bond donors (Lipinski definition) is 0. The third-order valence-electron chi connectivity index (χ3n) is 2.53. The van der Waals surface area contributed by atoms with Gasteiger partial charge in [-0.15, -0.1) is 0 Å². The van der Waals surface area contributed by atoms with Gasteiger partial charge < -0.3 is 0 Å². The fraction of sp³-hybridized carbons (Fsp3) is 0.733. The summed E-state index contributed by atoms with van der Waals surface area (Å²) in [5.74, 6) is 0. The van der Waals surface area contributed by atoms with Crippen LogP contribution in [0.25, 0.3) is 0 Å². The molecule has 0 N–H and O–H groups in total. The van der Waals surface area contributed by atoms with E-state index < -0.39 is 0 Å². The maximum absolute atomic E-state index is 2.36. The third-order valence-corrected chi connectivity index (χ3v) is 2.53. The van der Waals surface area contributed by atoms with E-state index in [1.165, 1.54) is 57.8 Å². The van der Waals surface area contributed by atoms with E-state index in [1.54, 1.807) is 0 Å². The molecular formula is C15H28. The number of hydrogen-bond acceptors (Lipinski definition) is 0. The Labute approximate surface area is 96.5 Å². The van der Waals surface area contributed by atoms with Crippen LogP contribution in [-0.4, -0.2) is 0 Å². The molecule has 0 rings (SSSR count). The van der Waals surface area contributed by atoms with E-state index in [1.807, 2.05) is 0 Å². The number of allylic oxidation sites excluding steroid dienone is 4. The fourth-order valence-electron chi connectivity index (χ4n) is 1.56. The molecule has 0 heteroatoms. The van der Waals surface area contributed by atoms with E-state index in [0.29, 0.717) is 0 Å². The minimum atomic E-state index is 1.17. The molecule has 15 heavy (non-hydrogen) atoms. The smallest absolute Gasteiger partial charge is 0.0348 e. The third kappa shape index (κ3) is 13.5. The van der Waals surface area contributed by atoms with Crippen LogP contribution < -0.4 is 0 Å². The summed E-state index contributed by atoms with van der Waals surface area (Å²) in [6.07, 6.45) is 21.0. The highest BCUT2D eigenvalue weighted by Crippen LogP contribution is 2.04. The van der Waals surface area contributed by atoms with Crippen molar-refractivity contribution in [1.82, 2.24) is 0 Å². The molecule has 0 saturated carbocycles. The van der Waals surface area contributed by atoms with E-state index >= 15 is 0 Å². The molecule has 0 aliphatic heterocycles. The zero-order chi connectivity index (χ0) is 11.2. The van der Waals surface area contributed by atoms with Gasteiger partial charge in [0.25, 0.3) is 0 Å². The molecule has 0 spiro atoms. The highest BCUT2D eigenvalue weighted by atomic mass is 13.9. The summed E-state index contributed by atoms with van der Waals surface area (Å²) in [4.78, 5) is 0. The first-order valence-electron chi connectivity index (χ1n) is 6.71. The first-order valence-corrected chi connectivity index (χ1v) is 6.71. The molecule has 0 amide bonds. The topological polar surface area (TPSA) is 0 Å². The second-order valence-electron chi connectivity index (χ2n) is 4.13. The molecule has 0 aliphatic carbocycles. The van der Waals surface area contributed by atoms with Crippen molar-refractivity contribution in [2.75, 3.05) is 0 Å². The summed E-state index contributed by atoms with van der Waals surface area (Å²) >= 11 is 0. The first kappa shape index (κ1) is 14.5. The van der Waals surface area contributed by atoms with Gasteiger partial charge in [0.2, 0.25) is 0 Å². The van der Waals surface area contributed by atoms with Crippen LogP contribution >= 0.6 is 0 Å². The zero-order valence-electron chi connectivity index (χ0n) is 10.7. The van der Waals surface area contributed by atoms with Crippen molar-refractivity contribution in [2.24, 2.45) is 0 Å². The monoisotopic (exact) mass is 208 g/mol. The lowest BCUT2D eigenvalue weighted by Crippen LogP contribution is -1.74. The Morgan fingerprint density at radius 2 is 1.20 bits per heavy atom. The van der Waals surface area contributed by atoms with Gasteiger partial charge >= 0.3 is 0 Å². The van der Waals surface area contributed by atoms with Crippen LogP contribution in [0, 0.1) is 0 Å². The second-order valence-corrected chi connectivity index (χ2v) is 4.13. The Hall–Kier alpha value is -0.520. The Kier molecular flexibility index (Phi) is 13.0. The maximum Gasteiger partial charge on any atom is -0.0348 e. The van der Waals surface area contributed by atoms with Crippen LogP contribution in [0.4, 0.5) is 0 Å². The van der Waals surface area contributed by atoms with E-state index in [-0.39, 0.29) is 0 Å². The molecule has 0 nitrogen and oxygen atoms in total. The van der Waals surface area contributed by atoms with Crippen LogP contribution in [-0.2, 0) is 0 Å². The molecule has 0 aromatic rings. The van der Waals surface area contributed by atoms with Crippen molar-refractivity contribution in [3.05, 3.63) is 24.3 Å². The van der Waals surface area contributed by atoms with Crippen molar-refractivity contribution >= 4 is 0 Å². The van der Waals surface area contributed by atoms with Gasteiger partial charge in [-0.1, -0.05) is 57.4 Å². The molecule has 0 saturated heterocycles. The minimum absolute atomic E-state index is 1.17.